The summed E-state index contributed by atoms with van der Waals surface area (Å²) in [5.41, 5.74) is 1.06. The third-order valence-corrected chi connectivity index (χ3v) is 5.59. The molecule has 1 aromatic heterocycles. The Morgan fingerprint density at radius 1 is 1.20 bits per heavy atom. The molecule has 1 unspecified atom stereocenters. The highest BCUT2D eigenvalue weighted by Gasteiger charge is 2.31. The van der Waals surface area contributed by atoms with E-state index in [9.17, 15) is 19.8 Å². The highest BCUT2D eigenvalue weighted by molar-refractivity contribution is 6.31. The lowest BCUT2D eigenvalue weighted by Crippen LogP contribution is -2.16. The number of rotatable bonds is 7. The lowest BCUT2D eigenvalue weighted by atomic mass is 9.90. The van der Waals surface area contributed by atoms with Crippen molar-refractivity contribution < 1.29 is 24.2 Å². The van der Waals surface area contributed by atoms with Gasteiger partial charge in [-0.25, -0.2) is 4.39 Å². The number of hydrogen-bond donors (Lipinski definition) is 2. The fourth-order valence-corrected chi connectivity index (χ4v) is 4.10. The molecule has 2 aromatic carbocycles. The third kappa shape index (κ3) is 3.92. The van der Waals surface area contributed by atoms with Gasteiger partial charge in [0, 0.05) is 21.7 Å². The van der Waals surface area contributed by atoms with Crippen LogP contribution in [0.4, 0.5) is 4.39 Å². The normalized spacial score (nSPS) is 12.3. The Labute approximate surface area is 178 Å². The molecule has 5 nitrogen and oxygen atoms in total. The topological polar surface area (TPSA) is 79.5 Å². The van der Waals surface area contributed by atoms with Crippen molar-refractivity contribution in [2.45, 2.75) is 45.4 Å². The fourth-order valence-electron chi connectivity index (χ4n) is 3.91. The maximum atomic E-state index is 15.0. The van der Waals surface area contributed by atoms with E-state index in [0.29, 0.717) is 29.1 Å². The predicted molar refractivity (Wildman–Crippen MR) is 114 cm³/mol. The molecule has 0 bridgehead atoms. The van der Waals surface area contributed by atoms with Crippen LogP contribution in [-0.2, 0) is 4.79 Å². The van der Waals surface area contributed by atoms with Gasteiger partial charge in [-0.15, -0.1) is 0 Å². The number of aromatic nitrogens is 1. The van der Waals surface area contributed by atoms with Crippen molar-refractivity contribution in [2.75, 3.05) is 0 Å². The summed E-state index contributed by atoms with van der Waals surface area (Å²) in [6, 6.07) is 8.95. The molecule has 3 aromatic rings. The molecule has 0 fully saturated rings. The zero-order chi connectivity index (χ0) is 22.0. The van der Waals surface area contributed by atoms with E-state index < -0.39 is 29.4 Å². The number of nitrogens with zero attached hydrogens (tertiary/aromatic N) is 1. The van der Waals surface area contributed by atoms with Gasteiger partial charge in [0.05, 0.1) is 11.4 Å². The van der Waals surface area contributed by atoms with E-state index in [4.69, 9.17) is 11.6 Å². The molecule has 0 aliphatic rings. The molecule has 1 atom stereocenters. The number of unbranched alkanes of at least 4 members (excludes halogenated alkanes) is 2. The lowest BCUT2D eigenvalue weighted by Gasteiger charge is -2.14. The Balaban J connectivity index is 2.27. The molecule has 2 N–H and O–H groups in total. The summed E-state index contributed by atoms with van der Waals surface area (Å²) < 4.78 is 16.3. The molecule has 0 saturated carbocycles. The smallest absolute Gasteiger partial charge is 0.311 e. The monoisotopic (exact) mass is 431 g/mol. The van der Waals surface area contributed by atoms with Gasteiger partial charge in [-0.05, 0) is 49.2 Å². The average molecular weight is 432 g/mol. The molecule has 0 aliphatic heterocycles. The molecular weight excluding hydrogens is 409 g/mol. The summed E-state index contributed by atoms with van der Waals surface area (Å²) in [4.78, 5) is 25.4. The van der Waals surface area contributed by atoms with Crippen LogP contribution in [0.2, 0.25) is 5.02 Å². The van der Waals surface area contributed by atoms with Gasteiger partial charge in [0.1, 0.15) is 0 Å². The van der Waals surface area contributed by atoms with Crippen LogP contribution < -0.4 is 0 Å². The number of carboxylic acids is 1. The molecule has 0 saturated heterocycles. The van der Waals surface area contributed by atoms with Crippen LogP contribution in [0.1, 0.15) is 60.1 Å². The fraction of sp³-hybridized carbons (Fsp3) is 0.304. The van der Waals surface area contributed by atoms with Gasteiger partial charge >= 0.3 is 5.97 Å². The quantitative estimate of drug-likeness (QED) is 0.457. The maximum absolute atomic E-state index is 15.0. The summed E-state index contributed by atoms with van der Waals surface area (Å²) in [5, 5.41) is 20.2. The van der Waals surface area contributed by atoms with Crippen molar-refractivity contribution in [3.8, 4) is 5.75 Å². The Kier molecular flexibility index (Phi) is 6.46. The van der Waals surface area contributed by atoms with Gasteiger partial charge < -0.3 is 10.2 Å². The second-order valence-electron chi connectivity index (χ2n) is 7.33. The summed E-state index contributed by atoms with van der Waals surface area (Å²) in [7, 11) is 0. The van der Waals surface area contributed by atoms with Gasteiger partial charge in [-0.1, -0.05) is 43.9 Å². The van der Waals surface area contributed by atoms with Crippen LogP contribution in [0.25, 0.3) is 10.9 Å². The van der Waals surface area contributed by atoms with Gasteiger partial charge in [-0.2, -0.15) is 0 Å². The van der Waals surface area contributed by atoms with Crippen molar-refractivity contribution in [1.29, 1.82) is 0 Å². The Bertz CT molecular complexity index is 1120. The van der Waals surface area contributed by atoms with Crippen LogP contribution in [0.3, 0.4) is 0 Å². The number of aromatic hydroxyl groups is 1. The van der Waals surface area contributed by atoms with Crippen molar-refractivity contribution in [1.82, 2.24) is 4.57 Å². The van der Waals surface area contributed by atoms with E-state index in [1.165, 1.54) is 16.7 Å². The van der Waals surface area contributed by atoms with Crippen LogP contribution in [-0.4, -0.2) is 26.7 Å². The summed E-state index contributed by atoms with van der Waals surface area (Å²) in [5.74, 6) is -4.05. The standard InChI is InChI=1S/C23H23ClFNO4/c1-3-4-5-9-16(23(29)30)19-13(2)26(17-10-11-18(27)21(25)20(17)19)22(28)14-7-6-8-15(24)12-14/h6-8,10-12,16,27H,3-5,9H2,1-2H3,(H,29,30). The lowest BCUT2D eigenvalue weighted by molar-refractivity contribution is -0.139. The number of carbonyl (C=O) groups is 2. The number of halogens is 2. The number of aliphatic carboxylic acids is 1. The number of fused-ring (bicyclic) bond motifs is 1. The van der Waals surface area contributed by atoms with Crippen LogP contribution in [0.5, 0.6) is 5.75 Å². The van der Waals surface area contributed by atoms with Crippen molar-refractivity contribution in [3.05, 3.63) is 64.1 Å². The largest absolute Gasteiger partial charge is 0.505 e. The van der Waals surface area contributed by atoms with E-state index in [1.54, 1.807) is 25.1 Å². The molecule has 1 heterocycles. The number of carboxylic acid groups (broad SMARTS) is 1. The second-order valence-corrected chi connectivity index (χ2v) is 7.77. The maximum Gasteiger partial charge on any atom is 0.311 e. The number of carbonyl (C=O) groups excluding carboxylic acids is 1. The molecule has 158 valence electrons. The first-order valence-corrected chi connectivity index (χ1v) is 10.2. The van der Waals surface area contributed by atoms with E-state index >= 15 is 4.39 Å². The van der Waals surface area contributed by atoms with Crippen molar-refractivity contribution in [2.24, 2.45) is 0 Å². The number of hydrogen-bond acceptors (Lipinski definition) is 3. The molecule has 0 radical (unpaired) electrons. The molecule has 0 aliphatic carbocycles. The molecule has 0 spiro atoms. The van der Waals surface area contributed by atoms with E-state index in [0.717, 1.165) is 18.9 Å². The zero-order valence-electron chi connectivity index (χ0n) is 16.8. The average Bonchev–Trinajstić information content (AvgIpc) is 3.00. The number of benzene rings is 2. The molecule has 30 heavy (non-hydrogen) atoms. The number of phenols is 1. The van der Waals surface area contributed by atoms with E-state index in [-0.39, 0.29) is 16.5 Å². The Morgan fingerprint density at radius 2 is 1.93 bits per heavy atom. The molecular formula is C23H23ClFNO4. The molecule has 0 amide bonds. The van der Waals surface area contributed by atoms with Crippen LogP contribution in [0.15, 0.2) is 36.4 Å². The summed E-state index contributed by atoms with van der Waals surface area (Å²) >= 11 is 6.02. The number of phenolic OH excluding ortho intramolecular Hbond substituents is 1. The summed E-state index contributed by atoms with van der Waals surface area (Å²) in [6.45, 7) is 3.61. The van der Waals surface area contributed by atoms with Crippen LogP contribution >= 0.6 is 11.6 Å². The Hall–Kier alpha value is -2.86. The van der Waals surface area contributed by atoms with Crippen molar-refractivity contribution >= 4 is 34.4 Å². The second kappa shape index (κ2) is 8.88. The minimum absolute atomic E-state index is 0.0354. The highest BCUT2D eigenvalue weighted by Crippen LogP contribution is 2.39. The Morgan fingerprint density at radius 3 is 2.57 bits per heavy atom. The first kappa shape index (κ1) is 21.8. The van der Waals surface area contributed by atoms with Gasteiger partial charge in [0.15, 0.2) is 11.6 Å². The van der Waals surface area contributed by atoms with E-state index in [1.807, 2.05) is 6.92 Å². The van der Waals surface area contributed by atoms with E-state index in [2.05, 4.69) is 0 Å². The van der Waals surface area contributed by atoms with Gasteiger partial charge in [-0.3, -0.25) is 14.2 Å². The van der Waals surface area contributed by atoms with Crippen LogP contribution in [0, 0.1) is 12.7 Å². The van der Waals surface area contributed by atoms with Gasteiger partial charge in [0.2, 0.25) is 0 Å². The molecule has 3 rings (SSSR count). The predicted octanol–water partition coefficient (Wildman–Crippen LogP) is 5.88. The van der Waals surface area contributed by atoms with Crippen molar-refractivity contribution in [3.63, 3.8) is 0 Å². The zero-order valence-corrected chi connectivity index (χ0v) is 17.5. The minimum atomic E-state index is -1.09. The first-order chi connectivity index (χ1) is 14.3. The first-order valence-electron chi connectivity index (χ1n) is 9.83. The molecule has 7 heteroatoms. The SMILES string of the molecule is CCCCCC(C(=O)O)c1c(C)n(C(=O)c2cccc(Cl)c2)c2ccc(O)c(F)c12. The van der Waals surface area contributed by atoms with Gasteiger partial charge in [0.25, 0.3) is 5.91 Å². The highest BCUT2D eigenvalue weighted by atomic mass is 35.5. The minimum Gasteiger partial charge on any atom is -0.505 e. The summed E-state index contributed by atoms with van der Waals surface area (Å²) in [6.07, 6.45) is 2.72. The third-order valence-electron chi connectivity index (χ3n) is 5.35.